The highest BCUT2D eigenvalue weighted by atomic mass is 16.8. The zero-order chi connectivity index (χ0) is 9.34. The van der Waals surface area contributed by atoms with E-state index in [1.54, 1.807) is 0 Å². The largest absolute Gasteiger partial charge is 0.369 e. The van der Waals surface area contributed by atoms with Gasteiger partial charge in [0, 0.05) is 24.7 Å². The van der Waals surface area contributed by atoms with Crippen LogP contribution in [0, 0.1) is 11.8 Å². The van der Waals surface area contributed by atoms with Crippen molar-refractivity contribution in [3.8, 4) is 0 Å². The Morgan fingerprint density at radius 1 is 1.36 bits per heavy atom. The number of Topliss-reactive ketones (excluding diaryl/α,β-unsaturated/α-hetero) is 1. The first-order valence-electron chi connectivity index (χ1n) is 5.25. The Morgan fingerprint density at radius 2 is 2.29 bits per heavy atom. The molecule has 4 heteroatoms. The van der Waals surface area contributed by atoms with Gasteiger partial charge in [-0.2, -0.15) is 0 Å². The lowest BCUT2D eigenvalue weighted by Crippen LogP contribution is -2.49. The van der Waals surface area contributed by atoms with E-state index in [0.717, 1.165) is 6.42 Å². The molecule has 2 aliphatic heterocycles. The molecule has 2 bridgehead atoms. The molecule has 1 spiro atoms. The van der Waals surface area contributed by atoms with Crippen molar-refractivity contribution in [2.24, 2.45) is 11.8 Å². The maximum atomic E-state index is 11.4. The summed E-state index contributed by atoms with van der Waals surface area (Å²) in [6.07, 6.45) is 1.49. The van der Waals surface area contributed by atoms with E-state index in [1.165, 1.54) is 0 Å². The maximum absolute atomic E-state index is 11.4. The van der Waals surface area contributed by atoms with Crippen LogP contribution in [0.2, 0.25) is 0 Å². The Balaban J connectivity index is 1.73. The summed E-state index contributed by atoms with van der Waals surface area (Å²) in [5.41, 5.74) is 0. The van der Waals surface area contributed by atoms with Crippen molar-refractivity contribution >= 4 is 5.78 Å². The predicted molar refractivity (Wildman–Crippen MR) is 44.5 cm³/mol. The number of rotatable bonds is 0. The molecule has 4 rings (SSSR count). The number of carbonyl (C=O) groups excluding carboxylic acids is 1. The minimum absolute atomic E-state index is 0.0175. The van der Waals surface area contributed by atoms with Crippen LogP contribution in [0.5, 0.6) is 0 Å². The zero-order valence-corrected chi connectivity index (χ0v) is 7.77. The third-order valence-electron chi connectivity index (χ3n) is 4.04. The van der Waals surface area contributed by atoms with Gasteiger partial charge in [-0.1, -0.05) is 0 Å². The van der Waals surface area contributed by atoms with Crippen LogP contribution in [0.25, 0.3) is 0 Å². The van der Waals surface area contributed by atoms with Gasteiger partial charge in [0.15, 0.2) is 5.79 Å². The molecule has 1 unspecified atom stereocenters. The zero-order valence-electron chi connectivity index (χ0n) is 7.77. The van der Waals surface area contributed by atoms with Crippen molar-refractivity contribution < 1.29 is 19.0 Å². The second-order valence-electron chi connectivity index (χ2n) is 4.76. The molecule has 0 aromatic carbocycles. The van der Waals surface area contributed by atoms with Gasteiger partial charge in [0.1, 0.15) is 18.0 Å². The summed E-state index contributed by atoms with van der Waals surface area (Å²) < 4.78 is 17.3. The average molecular weight is 196 g/mol. The Labute approximate surface area is 81.5 Å². The minimum Gasteiger partial charge on any atom is -0.369 e. The molecule has 0 amide bonds. The number of ketones is 1. The normalized spacial score (nSPS) is 59.3. The first-order valence-corrected chi connectivity index (χ1v) is 5.25. The molecule has 4 aliphatic rings. The van der Waals surface area contributed by atoms with Crippen LogP contribution in [0.3, 0.4) is 0 Å². The molecule has 76 valence electrons. The van der Waals surface area contributed by atoms with Crippen LogP contribution in [-0.2, 0) is 19.0 Å². The van der Waals surface area contributed by atoms with E-state index in [0.29, 0.717) is 31.3 Å². The number of fused-ring (bicyclic) bond motifs is 3. The van der Waals surface area contributed by atoms with E-state index in [1.807, 2.05) is 0 Å². The Bertz CT molecular complexity index is 315. The molecule has 2 saturated carbocycles. The topological polar surface area (TPSA) is 44.8 Å². The highest BCUT2D eigenvalue weighted by Gasteiger charge is 2.67. The number of hydrogen-bond acceptors (Lipinski definition) is 4. The van der Waals surface area contributed by atoms with Gasteiger partial charge in [0.2, 0.25) is 0 Å². The molecule has 0 aromatic rings. The van der Waals surface area contributed by atoms with Crippen molar-refractivity contribution in [2.45, 2.75) is 30.8 Å². The molecule has 2 heterocycles. The van der Waals surface area contributed by atoms with Gasteiger partial charge in [-0.05, 0) is 0 Å². The van der Waals surface area contributed by atoms with Crippen LogP contribution in [0.4, 0.5) is 0 Å². The molecule has 0 aromatic heterocycles. The van der Waals surface area contributed by atoms with Gasteiger partial charge in [0.25, 0.3) is 0 Å². The summed E-state index contributed by atoms with van der Waals surface area (Å²) in [7, 11) is 0. The molecule has 2 saturated heterocycles. The first-order chi connectivity index (χ1) is 6.78. The third kappa shape index (κ3) is 0.710. The van der Waals surface area contributed by atoms with E-state index < -0.39 is 5.79 Å². The lowest BCUT2D eigenvalue weighted by Gasteiger charge is -2.37. The molecule has 14 heavy (non-hydrogen) atoms. The summed E-state index contributed by atoms with van der Waals surface area (Å²) in [6.45, 7) is 1.26. The fraction of sp³-hybridized carbons (Fsp3) is 0.900. The van der Waals surface area contributed by atoms with Crippen molar-refractivity contribution in [1.82, 2.24) is 0 Å². The highest BCUT2D eigenvalue weighted by Crippen LogP contribution is 2.56. The van der Waals surface area contributed by atoms with E-state index in [4.69, 9.17) is 14.2 Å². The van der Waals surface area contributed by atoms with Gasteiger partial charge in [-0.25, -0.2) is 0 Å². The quantitative estimate of drug-likeness (QED) is 0.551. The summed E-state index contributed by atoms with van der Waals surface area (Å²) in [4.78, 5) is 11.4. The van der Waals surface area contributed by atoms with Crippen molar-refractivity contribution in [3.05, 3.63) is 0 Å². The predicted octanol–water partition coefficient (Wildman–Crippen LogP) is 0.106. The summed E-state index contributed by atoms with van der Waals surface area (Å²) in [5.74, 6) is 0.321. The smallest absolute Gasteiger partial charge is 0.196 e. The Morgan fingerprint density at radius 3 is 3.14 bits per heavy atom. The number of ether oxygens (including phenoxy) is 3. The average Bonchev–Trinajstić information content (AvgIpc) is 2.65. The van der Waals surface area contributed by atoms with Gasteiger partial charge in [-0.3, -0.25) is 4.79 Å². The molecule has 2 aliphatic carbocycles. The van der Waals surface area contributed by atoms with Crippen molar-refractivity contribution in [1.29, 1.82) is 0 Å². The monoisotopic (exact) mass is 196 g/mol. The van der Waals surface area contributed by atoms with E-state index in [2.05, 4.69) is 0 Å². The second-order valence-corrected chi connectivity index (χ2v) is 4.76. The van der Waals surface area contributed by atoms with Crippen LogP contribution >= 0.6 is 0 Å². The number of carbonyl (C=O) groups is 1. The van der Waals surface area contributed by atoms with Gasteiger partial charge < -0.3 is 14.2 Å². The van der Waals surface area contributed by atoms with Crippen LogP contribution in [0.15, 0.2) is 0 Å². The molecule has 4 nitrogen and oxygen atoms in total. The number of hydrogen-bond donors (Lipinski definition) is 0. The third-order valence-corrected chi connectivity index (χ3v) is 4.04. The van der Waals surface area contributed by atoms with Crippen LogP contribution < -0.4 is 0 Å². The first kappa shape index (κ1) is 7.79. The van der Waals surface area contributed by atoms with Crippen LogP contribution in [0.1, 0.15) is 12.8 Å². The summed E-state index contributed by atoms with van der Waals surface area (Å²) in [6, 6.07) is 0. The van der Waals surface area contributed by atoms with E-state index in [9.17, 15) is 4.79 Å². The molecule has 4 fully saturated rings. The van der Waals surface area contributed by atoms with Gasteiger partial charge in [-0.15, -0.1) is 0 Å². The van der Waals surface area contributed by atoms with Crippen molar-refractivity contribution in [2.75, 3.05) is 13.2 Å². The van der Waals surface area contributed by atoms with E-state index in [-0.39, 0.29) is 18.1 Å². The Hall–Kier alpha value is -0.450. The van der Waals surface area contributed by atoms with Crippen molar-refractivity contribution in [3.63, 3.8) is 0 Å². The lowest BCUT2D eigenvalue weighted by molar-refractivity contribution is -0.267. The Kier molecular flexibility index (Phi) is 1.23. The SMILES string of the molecule is O=C1C[C@@H]2[C@H]1C[C@@]13OCC(CO[C@@H]21)O3. The molecule has 0 radical (unpaired) electrons. The van der Waals surface area contributed by atoms with Gasteiger partial charge >= 0.3 is 0 Å². The lowest BCUT2D eigenvalue weighted by atomic mass is 9.74. The summed E-state index contributed by atoms with van der Waals surface area (Å²) >= 11 is 0. The highest BCUT2D eigenvalue weighted by molar-refractivity contribution is 5.88. The minimum atomic E-state index is -0.551. The van der Waals surface area contributed by atoms with Crippen LogP contribution in [-0.4, -0.2) is 37.0 Å². The second kappa shape index (κ2) is 2.21. The fourth-order valence-corrected chi connectivity index (χ4v) is 3.32. The molecule has 5 atom stereocenters. The maximum Gasteiger partial charge on any atom is 0.196 e. The fourth-order valence-electron chi connectivity index (χ4n) is 3.32. The molecular weight excluding hydrogens is 184 g/mol. The summed E-state index contributed by atoms with van der Waals surface area (Å²) in [5, 5.41) is 0. The standard InChI is InChI=1S/C10H12O4/c11-8-1-6-7(8)2-10-9(6)12-3-5(14-10)4-13-10/h5-7,9H,1-4H2/t5?,6-,7-,9+,10+/m1/s1. The molecule has 0 N–H and O–H groups in total. The van der Waals surface area contributed by atoms with E-state index >= 15 is 0 Å². The van der Waals surface area contributed by atoms with Gasteiger partial charge in [0.05, 0.1) is 13.2 Å². The molecular formula is C10H12O4.